The topological polar surface area (TPSA) is 62.0 Å². The number of nitrogens with one attached hydrogen (secondary N) is 2. The van der Waals surface area contributed by atoms with E-state index in [0.717, 1.165) is 5.52 Å². The molecule has 1 amide bonds. The summed E-state index contributed by atoms with van der Waals surface area (Å²) in [5.74, 6) is -0.585. The van der Waals surface area contributed by atoms with Crippen LogP contribution in [-0.4, -0.2) is 21.4 Å². The molecular formula is C17H15FN2O2S. The maximum Gasteiger partial charge on any atom is 0.228 e. The molecular weight excluding hydrogens is 315 g/mol. The Balaban J connectivity index is 1.82. The van der Waals surface area contributed by atoms with Crippen LogP contribution >= 0.6 is 0 Å². The average Bonchev–Trinajstić information content (AvgIpc) is 2.90. The Morgan fingerprint density at radius 3 is 2.83 bits per heavy atom. The molecule has 23 heavy (non-hydrogen) atoms. The lowest BCUT2D eigenvalue weighted by Crippen LogP contribution is -2.15. The van der Waals surface area contributed by atoms with E-state index in [-0.39, 0.29) is 18.1 Å². The zero-order valence-electron chi connectivity index (χ0n) is 12.4. The van der Waals surface area contributed by atoms with Crippen molar-refractivity contribution >= 4 is 33.3 Å². The Labute approximate surface area is 135 Å². The van der Waals surface area contributed by atoms with Crippen molar-refractivity contribution in [3.63, 3.8) is 0 Å². The van der Waals surface area contributed by atoms with Gasteiger partial charge in [-0.05, 0) is 35.9 Å². The normalized spacial score (nSPS) is 12.3. The summed E-state index contributed by atoms with van der Waals surface area (Å²) in [6, 6.07) is 11.4. The fourth-order valence-electron chi connectivity index (χ4n) is 2.48. The highest BCUT2D eigenvalue weighted by Crippen LogP contribution is 2.22. The summed E-state index contributed by atoms with van der Waals surface area (Å²) < 4.78 is 25.1. The van der Waals surface area contributed by atoms with Crippen molar-refractivity contribution < 1.29 is 13.4 Å². The van der Waals surface area contributed by atoms with Gasteiger partial charge in [0.25, 0.3) is 0 Å². The Morgan fingerprint density at radius 2 is 2.04 bits per heavy atom. The average molecular weight is 330 g/mol. The third-order valence-electron chi connectivity index (χ3n) is 3.55. The Hall–Kier alpha value is -2.47. The van der Waals surface area contributed by atoms with Crippen LogP contribution in [0.15, 0.2) is 53.6 Å². The molecule has 0 fully saturated rings. The van der Waals surface area contributed by atoms with E-state index in [9.17, 15) is 13.4 Å². The number of hydrogen-bond acceptors (Lipinski definition) is 2. The van der Waals surface area contributed by atoms with Crippen LogP contribution in [0.2, 0.25) is 0 Å². The first-order valence-corrected chi connectivity index (χ1v) is 8.58. The molecule has 1 heterocycles. The molecule has 0 bridgehead atoms. The van der Waals surface area contributed by atoms with Gasteiger partial charge >= 0.3 is 0 Å². The first-order chi connectivity index (χ1) is 11.0. The number of aromatic nitrogens is 1. The van der Waals surface area contributed by atoms with E-state index in [1.165, 1.54) is 12.1 Å². The second-order valence-electron chi connectivity index (χ2n) is 5.18. The summed E-state index contributed by atoms with van der Waals surface area (Å²) in [5, 5.41) is 3.46. The van der Waals surface area contributed by atoms with E-state index in [1.54, 1.807) is 42.8 Å². The lowest BCUT2D eigenvalue weighted by Gasteiger charge is -2.09. The molecule has 0 aliphatic heterocycles. The third-order valence-corrected chi connectivity index (χ3v) is 4.53. The SMILES string of the molecule is C[S@@](=O)c1ccccc1NC(=O)Cc1c[nH]c2ccc(F)cc12. The van der Waals surface area contributed by atoms with E-state index < -0.39 is 10.8 Å². The van der Waals surface area contributed by atoms with Gasteiger partial charge in [0.05, 0.1) is 27.8 Å². The van der Waals surface area contributed by atoms with Gasteiger partial charge in [-0.15, -0.1) is 0 Å². The van der Waals surface area contributed by atoms with Gasteiger partial charge in [-0.3, -0.25) is 9.00 Å². The van der Waals surface area contributed by atoms with Gasteiger partial charge in [0.1, 0.15) is 5.82 Å². The number of aromatic amines is 1. The molecule has 1 atom stereocenters. The highest BCUT2D eigenvalue weighted by Gasteiger charge is 2.12. The summed E-state index contributed by atoms with van der Waals surface area (Å²) >= 11 is 0. The Morgan fingerprint density at radius 1 is 1.26 bits per heavy atom. The summed E-state index contributed by atoms with van der Waals surface area (Å²) in [6.07, 6.45) is 3.37. The van der Waals surface area contributed by atoms with Gasteiger partial charge in [0.2, 0.25) is 5.91 Å². The van der Waals surface area contributed by atoms with Crippen LogP contribution in [0.5, 0.6) is 0 Å². The highest BCUT2D eigenvalue weighted by atomic mass is 32.2. The molecule has 0 aliphatic rings. The zero-order chi connectivity index (χ0) is 16.4. The fraction of sp³-hybridized carbons (Fsp3) is 0.118. The summed E-state index contributed by atoms with van der Waals surface area (Å²) in [7, 11) is -1.19. The number of rotatable bonds is 4. The summed E-state index contributed by atoms with van der Waals surface area (Å²) in [4.78, 5) is 15.9. The largest absolute Gasteiger partial charge is 0.361 e. The van der Waals surface area contributed by atoms with E-state index >= 15 is 0 Å². The number of para-hydroxylation sites is 1. The molecule has 4 nitrogen and oxygen atoms in total. The molecule has 3 rings (SSSR count). The molecule has 0 aliphatic carbocycles. The molecule has 2 N–H and O–H groups in total. The predicted molar refractivity (Wildman–Crippen MR) is 89.4 cm³/mol. The molecule has 118 valence electrons. The first-order valence-electron chi connectivity index (χ1n) is 7.02. The molecule has 0 radical (unpaired) electrons. The second-order valence-corrected chi connectivity index (χ2v) is 6.53. The molecule has 6 heteroatoms. The van der Waals surface area contributed by atoms with Crippen LogP contribution in [0.3, 0.4) is 0 Å². The number of carbonyl (C=O) groups is 1. The minimum Gasteiger partial charge on any atom is -0.361 e. The molecule has 0 spiro atoms. The lowest BCUT2D eigenvalue weighted by atomic mass is 10.1. The fourth-order valence-corrected chi connectivity index (χ4v) is 3.18. The van der Waals surface area contributed by atoms with Crippen LogP contribution in [0.25, 0.3) is 10.9 Å². The van der Waals surface area contributed by atoms with Gasteiger partial charge in [0.15, 0.2) is 0 Å². The van der Waals surface area contributed by atoms with E-state index in [4.69, 9.17) is 0 Å². The lowest BCUT2D eigenvalue weighted by molar-refractivity contribution is -0.115. The van der Waals surface area contributed by atoms with Gasteiger partial charge in [-0.1, -0.05) is 12.1 Å². The Bertz CT molecular complexity index is 904. The number of amides is 1. The monoisotopic (exact) mass is 330 g/mol. The van der Waals surface area contributed by atoms with Gasteiger partial charge < -0.3 is 10.3 Å². The Kier molecular flexibility index (Phi) is 4.25. The number of H-pyrrole nitrogens is 1. The van der Waals surface area contributed by atoms with Crippen LogP contribution < -0.4 is 5.32 Å². The molecule has 0 unspecified atom stereocenters. The summed E-state index contributed by atoms with van der Waals surface area (Å²) in [5.41, 5.74) is 2.03. The molecule has 1 aromatic heterocycles. The standard InChI is InChI=1S/C17H15FN2O2S/c1-23(22)16-5-3-2-4-15(16)20-17(21)8-11-10-19-14-7-6-12(18)9-13(11)14/h2-7,9-10,19H,8H2,1H3,(H,20,21)/t23-/m1/s1. The van der Waals surface area contributed by atoms with Gasteiger partial charge in [-0.2, -0.15) is 0 Å². The number of benzene rings is 2. The quantitative estimate of drug-likeness (QED) is 0.771. The first kappa shape index (κ1) is 15.4. The minimum absolute atomic E-state index is 0.105. The number of anilines is 1. The number of carbonyl (C=O) groups excluding carboxylic acids is 1. The maximum absolute atomic E-state index is 13.4. The number of hydrogen-bond donors (Lipinski definition) is 2. The zero-order valence-corrected chi connectivity index (χ0v) is 13.2. The van der Waals surface area contributed by atoms with Gasteiger partial charge in [-0.25, -0.2) is 4.39 Å². The minimum atomic E-state index is -1.19. The van der Waals surface area contributed by atoms with Crippen LogP contribution in [0.1, 0.15) is 5.56 Å². The molecule has 0 saturated carbocycles. The van der Waals surface area contributed by atoms with Gasteiger partial charge in [0, 0.05) is 23.4 Å². The van der Waals surface area contributed by atoms with Crippen molar-refractivity contribution in [2.45, 2.75) is 11.3 Å². The summed E-state index contributed by atoms with van der Waals surface area (Å²) in [6.45, 7) is 0. The molecule has 3 aromatic rings. The predicted octanol–water partition coefficient (Wildman–Crippen LogP) is 3.23. The van der Waals surface area contributed by atoms with E-state index in [1.807, 2.05) is 0 Å². The van der Waals surface area contributed by atoms with Crippen molar-refractivity contribution in [2.75, 3.05) is 11.6 Å². The number of fused-ring (bicyclic) bond motifs is 1. The second kappa shape index (κ2) is 6.34. The van der Waals surface area contributed by atoms with Crippen molar-refractivity contribution in [3.8, 4) is 0 Å². The van der Waals surface area contributed by atoms with Crippen molar-refractivity contribution in [1.82, 2.24) is 4.98 Å². The van der Waals surface area contributed by atoms with E-state index in [2.05, 4.69) is 10.3 Å². The third kappa shape index (κ3) is 3.32. The van der Waals surface area contributed by atoms with E-state index in [0.29, 0.717) is 21.5 Å². The molecule has 2 aromatic carbocycles. The van der Waals surface area contributed by atoms with Crippen molar-refractivity contribution in [1.29, 1.82) is 0 Å². The van der Waals surface area contributed by atoms with Crippen LogP contribution in [0, 0.1) is 5.82 Å². The molecule has 0 saturated heterocycles. The smallest absolute Gasteiger partial charge is 0.228 e. The van der Waals surface area contributed by atoms with Crippen LogP contribution in [0.4, 0.5) is 10.1 Å². The highest BCUT2D eigenvalue weighted by molar-refractivity contribution is 7.84. The number of halogens is 1. The van der Waals surface area contributed by atoms with Crippen molar-refractivity contribution in [2.24, 2.45) is 0 Å². The maximum atomic E-state index is 13.4. The van der Waals surface area contributed by atoms with Crippen molar-refractivity contribution in [3.05, 3.63) is 60.0 Å². The van der Waals surface area contributed by atoms with Crippen LogP contribution in [-0.2, 0) is 22.0 Å².